The average molecular weight is 583 g/mol. The Morgan fingerprint density at radius 3 is 2.87 bits per heavy atom. The van der Waals surface area contributed by atoms with E-state index in [9.17, 15) is 9.90 Å². The van der Waals surface area contributed by atoms with Crippen molar-refractivity contribution < 1.29 is 9.90 Å². The average Bonchev–Trinajstić information content (AvgIpc) is 3.17. The monoisotopic (exact) mass is 581 g/mol. The predicted molar refractivity (Wildman–Crippen MR) is 136 cm³/mol. The van der Waals surface area contributed by atoms with Crippen LogP contribution in [-0.2, 0) is 4.79 Å². The number of carbonyl (C=O) groups is 1. The number of phenolic OH excluding ortho intramolecular Hbond substituents is 1. The van der Waals surface area contributed by atoms with Gasteiger partial charge in [0.2, 0.25) is 5.91 Å². The Balaban J connectivity index is 1.40. The van der Waals surface area contributed by atoms with Crippen molar-refractivity contribution in [2.24, 2.45) is 4.99 Å². The van der Waals surface area contributed by atoms with Gasteiger partial charge in [-0.05, 0) is 59.1 Å². The molecule has 9 heteroatoms. The number of aromatic nitrogens is 1. The molecule has 0 bridgehead atoms. The lowest BCUT2D eigenvalue weighted by Gasteiger charge is -2.22. The minimum atomic E-state index is 0.0847. The van der Waals surface area contributed by atoms with E-state index in [1.54, 1.807) is 23.6 Å². The number of rotatable bonds is 6. The van der Waals surface area contributed by atoms with Gasteiger partial charge in [-0.3, -0.25) is 9.79 Å². The topological polar surface area (TPSA) is 74.6 Å². The standard InChI is InChI=1S/C22H21Br2N3O2S2/c23-14-8-13(21(29)17(24)9-14)11-25-16-6-7-18-19(10-16)31-22(27-18)30-12-20(28)26-15-4-2-1-3-5-15/h6-11,15,29H,1-5,12H2,(H,26,28). The first-order chi connectivity index (χ1) is 15.0. The Kier molecular flexibility index (Phi) is 7.68. The summed E-state index contributed by atoms with van der Waals surface area (Å²) in [6, 6.07) is 9.73. The number of amides is 1. The summed E-state index contributed by atoms with van der Waals surface area (Å²) >= 11 is 9.79. The molecule has 5 nitrogen and oxygen atoms in total. The molecule has 1 saturated carbocycles. The second-order valence-electron chi connectivity index (χ2n) is 7.41. The van der Waals surface area contributed by atoms with Crippen LogP contribution in [0.4, 0.5) is 5.69 Å². The molecule has 0 unspecified atom stereocenters. The summed E-state index contributed by atoms with van der Waals surface area (Å²) in [4.78, 5) is 21.4. The van der Waals surface area contributed by atoms with Gasteiger partial charge < -0.3 is 10.4 Å². The van der Waals surface area contributed by atoms with E-state index in [-0.39, 0.29) is 11.7 Å². The fraction of sp³-hybridized carbons (Fsp3) is 0.318. The second kappa shape index (κ2) is 10.5. The number of phenols is 1. The van der Waals surface area contributed by atoms with E-state index in [0.717, 1.165) is 37.6 Å². The lowest BCUT2D eigenvalue weighted by atomic mass is 9.95. The molecule has 1 aromatic heterocycles. The van der Waals surface area contributed by atoms with Gasteiger partial charge in [-0.2, -0.15) is 0 Å². The molecule has 3 aromatic rings. The molecular formula is C22H21Br2N3O2S2. The van der Waals surface area contributed by atoms with E-state index in [2.05, 4.69) is 47.2 Å². The van der Waals surface area contributed by atoms with Crippen LogP contribution in [0.3, 0.4) is 0 Å². The van der Waals surface area contributed by atoms with Gasteiger partial charge in [0, 0.05) is 22.3 Å². The molecule has 1 aliphatic carbocycles. The van der Waals surface area contributed by atoms with Gasteiger partial charge in [0.15, 0.2) is 4.34 Å². The highest BCUT2D eigenvalue weighted by atomic mass is 79.9. The maximum absolute atomic E-state index is 12.2. The number of nitrogens with zero attached hydrogens (tertiary/aromatic N) is 2. The number of thiazole rings is 1. The van der Waals surface area contributed by atoms with Crippen LogP contribution in [0.2, 0.25) is 0 Å². The molecule has 2 aromatic carbocycles. The van der Waals surface area contributed by atoms with Crippen LogP contribution in [0.25, 0.3) is 10.2 Å². The summed E-state index contributed by atoms with van der Waals surface area (Å²) in [6.45, 7) is 0. The van der Waals surface area contributed by atoms with Gasteiger partial charge >= 0.3 is 0 Å². The third-order valence-corrected chi connectivity index (χ3v) is 8.28. The zero-order chi connectivity index (χ0) is 21.8. The number of nitrogens with one attached hydrogen (secondary N) is 1. The molecule has 1 amide bonds. The van der Waals surface area contributed by atoms with Gasteiger partial charge in [-0.15, -0.1) is 11.3 Å². The van der Waals surface area contributed by atoms with E-state index in [1.165, 1.54) is 31.0 Å². The van der Waals surface area contributed by atoms with Gasteiger partial charge in [-0.25, -0.2) is 4.98 Å². The number of fused-ring (bicyclic) bond motifs is 1. The molecule has 0 radical (unpaired) electrons. The van der Waals surface area contributed by atoms with Crippen LogP contribution in [-0.4, -0.2) is 34.0 Å². The van der Waals surface area contributed by atoms with Crippen LogP contribution in [0.1, 0.15) is 37.7 Å². The third kappa shape index (κ3) is 6.09. The first-order valence-corrected chi connectivity index (χ1v) is 13.4. The molecule has 162 valence electrons. The quantitative estimate of drug-likeness (QED) is 0.247. The van der Waals surface area contributed by atoms with E-state index in [4.69, 9.17) is 0 Å². The maximum Gasteiger partial charge on any atom is 0.230 e. The van der Waals surface area contributed by atoms with Crippen LogP contribution in [0.5, 0.6) is 5.75 Å². The van der Waals surface area contributed by atoms with Crippen molar-refractivity contribution in [2.45, 2.75) is 42.5 Å². The normalized spacial score (nSPS) is 15.0. The Bertz CT molecular complexity index is 1130. The van der Waals surface area contributed by atoms with Crippen molar-refractivity contribution in [1.82, 2.24) is 10.3 Å². The van der Waals surface area contributed by atoms with Crippen molar-refractivity contribution in [3.63, 3.8) is 0 Å². The summed E-state index contributed by atoms with van der Waals surface area (Å²) in [5, 5.41) is 13.3. The number of aliphatic imine (C=N–C) groups is 1. The van der Waals surface area contributed by atoms with Gasteiger partial charge in [0.05, 0.1) is 26.1 Å². The zero-order valence-electron chi connectivity index (χ0n) is 16.6. The largest absolute Gasteiger partial charge is 0.506 e. The van der Waals surface area contributed by atoms with Gasteiger partial charge in [0.1, 0.15) is 5.75 Å². The van der Waals surface area contributed by atoms with Gasteiger partial charge in [0.25, 0.3) is 0 Å². The number of aromatic hydroxyl groups is 1. The number of hydrogen-bond donors (Lipinski definition) is 2. The van der Waals surface area contributed by atoms with Crippen molar-refractivity contribution in [2.75, 3.05) is 5.75 Å². The fourth-order valence-corrected chi connectivity index (χ4v) is 6.68. The van der Waals surface area contributed by atoms with Crippen molar-refractivity contribution in [3.8, 4) is 5.75 Å². The lowest BCUT2D eigenvalue weighted by molar-refractivity contribution is -0.119. The maximum atomic E-state index is 12.2. The summed E-state index contributed by atoms with van der Waals surface area (Å²) in [5.41, 5.74) is 2.29. The molecule has 1 fully saturated rings. The second-order valence-corrected chi connectivity index (χ2v) is 11.4. The van der Waals surface area contributed by atoms with Crippen LogP contribution in [0, 0.1) is 0 Å². The number of halogens is 2. The van der Waals surface area contributed by atoms with Gasteiger partial charge in [-0.1, -0.05) is 47.0 Å². The molecule has 0 atom stereocenters. The van der Waals surface area contributed by atoms with Crippen LogP contribution in [0.15, 0.2) is 48.6 Å². The summed E-state index contributed by atoms with van der Waals surface area (Å²) < 4.78 is 3.36. The Labute approximate surface area is 206 Å². The molecule has 0 saturated heterocycles. The van der Waals surface area contributed by atoms with Crippen molar-refractivity contribution >= 4 is 83.0 Å². The fourth-order valence-electron chi connectivity index (χ4n) is 3.51. The van der Waals surface area contributed by atoms with E-state index in [1.807, 2.05) is 24.3 Å². The Hall–Kier alpha value is -1.42. The SMILES string of the molecule is O=C(CSc1nc2ccc(N=Cc3cc(Br)cc(Br)c3O)cc2s1)NC1CCCCC1. The third-order valence-electron chi connectivity index (χ3n) is 5.06. The summed E-state index contributed by atoms with van der Waals surface area (Å²) in [7, 11) is 0. The highest BCUT2D eigenvalue weighted by Gasteiger charge is 2.16. The molecule has 0 spiro atoms. The van der Waals surface area contributed by atoms with Crippen molar-refractivity contribution in [3.05, 3.63) is 44.8 Å². The number of thioether (sulfide) groups is 1. The van der Waals surface area contributed by atoms with E-state index < -0.39 is 0 Å². The number of carbonyl (C=O) groups excluding carboxylic acids is 1. The van der Waals surface area contributed by atoms with E-state index >= 15 is 0 Å². The highest BCUT2D eigenvalue weighted by Crippen LogP contribution is 2.33. The van der Waals surface area contributed by atoms with Crippen molar-refractivity contribution in [1.29, 1.82) is 0 Å². The lowest BCUT2D eigenvalue weighted by Crippen LogP contribution is -2.37. The molecule has 1 aliphatic rings. The minimum Gasteiger partial charge on any atom is -0.506 e. The summed E-state index contributed by atoms with van der Waals surface area (Å²) in [5.74, 6) is 0.621. The molecule has 4 rings (SSSR count). The Morgan fingerprint density at radius 2 is 2.06 bits per heavy atom. The number of benzene rings is 2. The number of hydrogen-bond acceptors (Lipinski definition) is 6. The summed E-state index contributed by atoms with van der Waals surface area (Å²) in [6.07, 6.45) is 7.52. The first kappa shape index (κ1) is 22.8. The highest BCUT2D eigenvalue weighted by molar-refractivity contribution is 9.11. The molecule has 0 aliphatic heterocycles. The zero-order valence-corrected chi connectivity index (χ0v) is 21.4. The Morgan fingerprint density at radius 1 is 1.26 bits per heavy atom. The van der Waals surface area contributed by atoms with Crippen LogP contribution >= 0.6 is 55.0 Å². The molecule has 2 N–H and O–H groups in total. The molecule has 31 heavy (non-hydrogen) atoms. The minimum absolute atomic E-state index is 0.0847. The predicted octanol–water partition coefficient (Wildman–Crippen LogP) is 6.82. The van der Waals surface area contributed by atoms with E-state index in [0.29, 0.717) is 21.8 Å². The molecular weight excluding hydrogens is 562 g/mol. The molecule has 1 heterocycles. The van der Waals surface area contributed by atoms with Crippen LogP contribution < -0.4 is 5.32 Å². The first-order valence-electron chi connectivity index (χ1n) is 10.0. The smallest absolute Gasteiger partial charge is 0.230 e.